The van der Waals surface area contributed by atoms with Crippen molar-refractivity contribution in [3.05, 3.63) is 35.4 Å². The molecular weight excluding hydrogens is 390 g/mol. The third-order valence-corrected chi connectivity index (χ3v) is 4.89. The highest BCUT2D eigenvalue weighted by Crippen LogP contribution is 2.22. The van der Waals surface area contributed by atoms with Gasteiger partial charge in [0.15, 0.2) is 5.11 Å². The fourth-order valence-corrected chi connectivity index (χ4v) is 3.30. The fourth-order valence-electron chi connectivity index (χ4n) is 2.99. The number of carbonyl (C=O) groups excluding carboxylic acids is 3. The molecule has 2 N–H and O–H groups in total. The Labute approximate surface area is 177 Å². The normalized spacial score (nSPS) is 17.0. The fraction of sp³-hybridized carbons (Fsp3) is 0.524. The zero-order valence-electron chi connectivity index (χ0n) is 17.6. The van der Waals surface area contributed by atoms with Crippen LogP contribution in [0.5, 0.6) is 0 Å². The first-order chi connectivity index (χ1) is 13.5. The third-order valence-electron chi connectivity index (χ3n) is 4.55. The maximum atomic E-state index is 12.6. The van der Waals surface area contributed by atoms with Crippen LogP contribution in [-0.4, -0.2) is 53.0 Å². The number of esters is 1. The van der Waals surface area contributed by atoms with E-state index in [0.29, 0.717) is 18.7 Å². The molecule has 1 heterocycles. The molecule has 2 amide bonds. The van der Waals surface area contributed by atoms with Crippen molar-refractivity contribution in [1.29, 1.82) is 0 Å². The van der Waals surface area contributed by atoms with Crippen LogP contribution in [0.3, 0.4) is 0 Å². The Bertz CT molecular complexity index is 784. The number of hydrogen-bond acceptors (Lipinski definition) is 5. The number of carbonyl (C=O) groups is 3. The summed E-state index contributed by atoms with van der Waals surface area (Å²) in [6.45, 7) is 10.6. The van der Waals surface area contributed by atoms with Gasteiger partial charge in [-0.25, -0.2) is 0 Å². The van der Waals surface area contributed by atoms with Crippen LogP contribution in [0.4, 0.5) is 0 Å². The topological polar surface area (TPSA) is 87.7 Å². The first-order valence-electron chi connectivity index (χ1n) is 9.68. The van der Waals surface area contributed by atoms with Crippen molar-refractivity contribution in [2.24, 2.45) is 0 Å². The molecule has 1 fully saturated rings. The second kappa shape index (κ2) is 9.35. The van der Waals surface area contributed by atoms with Gasteiger partial charge in [0.05, 0.1) is 12.5 Å². The van der Waals surface area contributed by atoms with Gasteiger partial charge in [-0.1, -0.05) is 32.9 Å². The maximum Gasteiger partial charge on any atom is 0.308 e. The molecule has 1 aliphatic rings. The van der Waals surface area contributed by atoms with Crippen LogP contribution < -0.4 is 10.6 Å². The lowest BCUT2D eigenvalue weighted by atomic mass is 9.87. The molecule has 1 aliphatic heterocycles. The maximum absolute atomic E-state index is 12.6. The standard InChI is InChI=1S/C21H29N3O4S/c1-13(2)28-17(25)12-16-19(27)22-10-11-24(16)20(29)23-18(26)14-6-8-15(9-7-14)21(3,4)5/h6-9,13,16H,10-12H2,1-5H3,(H,22,27)(H,23,26,29)/t16-/m1/s1. The number of piperazine rings is 1. The molecule has 1 atom stereocenters. The van der Waals surface area contributed by atoms with Crippen LogP contribution in [0, 0.1) is 0 Å². The number of ether oxygens (including phenoxy) is 1. The number of rotatable bonds is 4. The highest BCUT2D eigenvalue weighted by molar-refractivity contribution is 7.80. The van der Waals surface area contributed by atoms with E-state index in [9.17, 15) is 14.4 Å². The van der Waals surface area contributed by atoms with Crippen LogP contribution in [0.25, 0.3) is 0 Å². The minimum atomic E-state index is -0.814. The number of hydrogen-bond donors (Lipinski definition) is 2. The van der Waals surface area contributed by atoms with E-state index in [0.717, 1.165) is 5.56 Å². The Morgan fingerprint density at radius 3 is 2.45 bits per heavy atom. The van der Waals surface area contributed by atoms with E-state index in [1.54, 1.807) is 30.9 Å². The predicted octanol–water partition coefficient (Wildman–Crippen LogP) is 2.14. The van der Waals surface area contributed by atoms with E-state index in [-0.39, 0.29) is 34.9 Å². The molecule has 158 valence electrons. The van der Waals surface area contributed by atoms with Gasteiger partial charge in [-0.3, -0.25) is 19.7 Å². The molecule has 8 heteroatoms. The lowest BCUT2D eigenvalue weighted by Crippen LogP contribution is -2.60. The minimum absolute atomic E-state index is 0.0106. The van der Waals surface area contributed by atoms with Gasteiger partial charge in [0.25, 0.3) is 5.91 Å². The van der Waals surface area contributed by atoms with E-state index < -0.39 is 12.0 Å². The smallest absolute Gasteiger partial charge is 0.308 e. The summed E-state index contributed by atoms with van der Waals surface area (Å²) in [6.07, 6.45) is -0.411. The summed E-state index contributed by atoms with van der Waals surface area (Å²) in [6, 6.07) is 6.51. The molecule has 0 bridgehead atoms. The molecular formula is C21H29N3O4S. The summed E-state index contributed by atoms with van der Waals surface area (Å²) < 4.78 is 5.14. The number of benzene rings is 1. The number of nitrogens with zero attached hydrogens (tertiary/aromatic N) is 1. The summed E-state index contributed by atoms with van der Waals surface area (Å²) in [5.74, 6) is -1.16. The van der Waals surface area contributed by atoms with Gasteiger partial charge in [0, 0.05) is 18.7 Å². The first kappa shape index (κ1) is 22.8. The van der Waals surface area contributed by atoms with Crippen LogP contribution in [0.2, 0.25) is 0 Å². The van der Waals surface area contributed by atoms with E-state index in [2.05, 4.69) is 31.4 Å². The second-order valence-electron chi connectivity index (χ2n) is 8.33. The highest BCUT2D eigenvalue weighted by atomic mass is 32.1. The Morgan fingerprint density at radius 2 is 1.90 bits per heavy atom. The SMILES string of the molecule is CC(C)OC(=O)C[C@@H]1C(=O)NCCN1C(=S)NC(=O)c1ccc(C(C)(C)C)cc1. The summed E-state index contributed by atoms with van der Waals surface area (Å²) in [7, 11) is 0. The molecule has 0 aliphatic carbocycles. The van der Waals surface area contributed by atoms with E-state index in [4.69, 9.17) is 17.0 Å². The van der Waals surface area contributed by atoms with Crippen LogP contribution in [0.15, 0.2) is 24.3 Å². The lowest BCUT2D eigenvalue weighted by molar-refractivity contribution is -0.150. The third kappa shape index (κ3) is 6.25. The second-order valence-corrected chi connectivity index (χ2v) is 8.72. The lowest BCUT2D eigenvalue weighted by Gasteiger charge is -2.36. The zero-order valence-corrected chi connectivity index (χ0v) is 18.4. The molecule has 0 spiro atoms. The van der Waals surface area contributed by atoms with E-state index >= 15 is 0 Å². The van der Waals surface area contributed by atoms with E-state index in [1.165, 1.54) is 0 Å². The Morgan fingerprint density at radius 1 is 1.28 bits per heavy atom. The van der Waals surface area contributed by atoms with E-state index in [1.807, 2.05) is 12.1 Å². The molecule has 2 rings (SSSR count). The van der Waals surface area contributed by atoms with Gasteiger partial charge in [0.2, 0.25) is 5.91 Å². The van der Waals surface area contributed by atoms with Gasteiger partial charge in [-0.2, -0.15) is 0 Å². The molecule has 7 nitrogen and oxygen atoms in total. The van der Waals surface area contributed by atoms with Gasteiger partial charge >= 0.3 is 5.97 Å². The zero-order chi connectivity index (χ0) is 21.8. The quantitative estimate of drug-likeness (QED) is 0.574. The molecule has 1 aromatic carbocycles. The largest absolute Gasteiger partial charge is 0.463 e. The number of amides is 2. The van der Waals surface area contributed by atoms with Gasteiger partial charge in [-0.05, 0) is 49.2 Å². The van der Waals surface area contributed by atoms with Crippen LogP contribution in [-0.2, 0) is 19.7 Å². The van der Waals surface area contributed by atoms with Crippen LogP contribution >= 0.6 is 12.2 Å². The average molecular weight is 420 g/mol. The molecule has 1 aromatic rings. The Hall–Kier alpha value is -2.48. The first-order valence-corrected chi connectivity index (χ1v) is 10.1. The monoisotopic (exact) mass is 419 g/mol. The minimum Gasteiger partial charge on any atom is -0.463 e. The van der Waals surface area contributed by atoms with Crippen molar-refractivity contribution in [3.8, 4) is 0 Å². The molecule has 29 heavy (non-hydrogen) atoms. The summed E-state index contributed by atoms with van der Waals surface area (Å²) in [5, 5.41) is 5.51. The summed E-state index contributed by atoms with van der Waals surface area (Å²) in [5.41, 5.74) is 1.58. The van der Waals surface area contributed by atoms with Crippen molar-refractivity contribution in [1.82, 2.24) is 15.5 Å². The molecule has 0 unspecified atom stereocenters. The molecule has 0 aromatic heterocycles. The molecule has 0 saturated carbocycles. The van der Waals surface area contributed by atoms with Gasteiger partial charge in [-0.15, -0.1) is 0 Å². The highest BCUT2D eigenvalue weighted by Gasteiger charge is 2.34. The van der Waals surface area contributed by atoms with Gasteiger partial charge in [0.1, 0.15) is 6.04 Å². The predicted molar refractivity (Wildman–Crippen MR) is 115 cm³/mol. The van der Waals surface area contributed by atoms with Crippen molar-refractivity contribution in [2.75, 3.05) is 13.1 Å². The Balaban J connectivity index is 2.07. The van der Waals surface area contributed by atoms with Crippen molar-refractivity contribution in [2.45, 2.75) is 58.6 Å². The summed E-state index contributed by atoms with van der Waals surface area (Å²) >= 11 is 5.37. The summed E-state index contributed by atoms with van der Waals surface area (Å²) in [4.78, 5) is 38.5. The average Bonchev–Trinajstić information content (AvgIpc) is 2.62. The number of nitrogens with one attached hydrogen (secondary N) is 2. The van der Waals surface area contributed by atoms with Gasteiger partial charge < -0.3 is 15.0 Å². The van der Waals surface area contributed by atoms with Crippen molar-refractivity contribution < 1.29 is 19.1 Å². The molecule has 1 saturated heterocycles. The Kier molecular flexibility index (Phi) is 7.35. The van der Waals surface area contributed by atoms with Crippen molar-refractivity contribution in [3.63, 3.8) is 0 Å². The molecule has 0 radical (unpaired) electrons. The van der Waals surface area contributed by atoms with Crippen LogP contribution in [0.1, 0.15) is 57.0 Å². The number of thiocarbonyl (C=S) groups is 1. The van der Waals surface area contributed by atoms with Crippen molar-refractivity contribution >= 4 is 35.1 Å².